The van der Waals surface area contributed by atoms with Gasteiger partial charge in [0.25, 0.3) is 5.56 Å². The molecule has 5 heteroatoms. The van der Waals surface area contributed by atoms with E-state index in [1.807, 2.05) is 70.2 Å². The first-order chi connectivity index (χ1) is 13.8. The average molecular weight is 392 g/mol. The molecular weight excluding hydrogens is 362 g/mol. The van der Waals surface area contributed by atoms with Gasteiger partial charge in [0.05, 0.1) is 22.6 Å². The lowest BCUT2D eigenvalue weighted by atomic mass is 10.1. The van der Waals surface area contributed by atoms with Crippen LogP contribution >= 0.6 is 0 Å². The van der Waals surface area contributed by atoms with E-state index in [-0.39, 0.29) is 23.4 Å². The van der Waals surface area contributed by atoms with Crippen LogP contribution in [0.4, 0.5) is 0 Å². The lowest BCUT2D eigenvalue weighted by Gasteiger charge is -2.29. The molecule has 0 radical (unpaired) electrons. The first kappa shape index (κ1) is 20.8. The Morgan fingerprint density at radius 2 is 1.86 bits per heavy atom. The quantitative estimate of drug-likeness (QED) is 0.615. The number of rotatable bonds is 6. The van der Waals surface area contributed by atoms with Gasteiger partial charge in [0.15, 0.2) is 0 Å². The second-order valence-corrected chi connectivity index (χ2v) is 7.99. The Balaban J connectivity index is 2.25. The van der Waals surface area contributed by atoms with E-state index in [4.69, 9.17) is 4.98 Å². The van der Waals surface area contributed by atoms with Crippen molar-refractivity contribution < 1.29 is 4.79 Å². The van der Waals surface area contributed by atoms with Crippen molar-refractivity contribution in [3.05, 3.63) is 70.3 Å². The molecule has 0 saturated heterocycles. The number of para-hydroxylation sites is 1. The number of aromatic nitrogens is 2. The highest BCUT2D eigenvalue weighted by Gasteiger charge is 2.26. The zero-order valence-corrected chi connectivity index (χ0v) is 17.8. The Morgan fingerprint density at radius 3 is 2.52 bits per heavy atom. The molecule has 0 spiro atoms. The molecular formula is C24H29N3O2. The standard InChI is InChI=1S/C24H29N3O2/c1-6-21(26(5)22(28)14-16(2)3)23-25-20-13-8-7-12-19(20)24(29)27(23)18-11-9-10-17(4)15-18/h7-13,15-16,21H,6,14H2,1-5H3. The fourth-order valence-electron chi connectivity index (χ4n) is 3.69. The fraction of sp³-hybridized carbons (Fsp3) is 0.375. The van der Waals surface area contributed by atoms with Crippen molar-refractivity contribution in [1.82, 2.24) is 14.5 Å². The van der Waals surface area contributed by atoms with Crippen LogP contribution in [-0.2, 0) is 4.79 Å². The monoisotopic (exact) mass is 391 g/mol. The number of hydrogen-bond acceptors (Lipinski definition) is 3. The molecule has 1 unspecified atom stereocenters. The molecule has 2 aromatic carbocycles. The predicted molar refractivity (Wildman–Crippen MR) is 117 cm³/mol. The number of aryl methyl sites for hydroxylation is 1. The topological polar surface area (TPSA) is 55.2 Å². The summed E-state index contributed by atoms with van der Waals surface area (Å²) in [5, 5.41) is 0.573. The van der Waals surface area contributed by atoms with E-state index in [1.165, 1.54) is 0 Å². The number of carbonyl (C=O) groups excluding carboxylic acids is 1. The highest BCUT2D eigenvalue weighted by Crippen LogP contribution is 2.26. The van der Waals surface area contributed by atoms with Crippen LogP contribution in [0.15, 0.2) is 53.3 Å². The molecule has 0 bridgehead atoms. The SMILES string of the molecule is CCC(c1nc2ccccc2c(=O)n1-c1cccc(C)c1)N(C)C(=O)CC(C)C. The molecule has 1 amide bonds. The first-order valence-corrected chi connectivity index (χ1v) is 10.2. The molecule has 3 rings (SSSR count). The predicted octanol–water partition coefficient (Wildman–Crippen LogP) is 4.65. The van der Waals surface area contributed by atoms with Gasteiger partial charge in [-0.3, -0.25) is 14.2 Å². The van der Waals surface area contributed by atoms with Crippen molar-refractivity contribution in [1.29, 1.82) is 0 Å². The summed E-state index contributed by atoms with van der Waals surface area (Å²) >= 11 is 0. The van der Waals surface area contributed by atoms with E-state index < -0.39 is 0 Å². The van der Waals surface area contributed by atoms with Crippen LogP contribution in [0, 0.1) is 12.8 Å². The molecule has 1 aromatic heterocycles. The normalized spacial score (nSPS) is 12.3. The van der Waals surface area contributed by atoms with Crippen LogP contribution in [0.25, 0.3) is 16.6 Å². The number of amides is 1. The van der Waals surface area contributed by atoms with Crippen LogP contribution < -0.4 is 5.56 Å². The second-order valence-electron chi connectivity index (χ2n) is 7.99. The van der Waals surface area contributed by atoms with Crippen molar-refractivity contribution >= 4 is 16.8 Å². The first-order valence-electron chi connectivity index (χ1n) is 10.2. The maximum atomic E-state index is 13.5. The van der Waals surface area contributed by atoms with E-state index in [1.54, 1.807) is 22.6 Å². The average Bonchev–Trinajstić information content (AvgIpc) is 2.68. The van der Waals surface area contributed by atoms with Gasteiger partial charge in [0.1, 0.15) is 5.82 Å². The Bertz CT molecular complexity index is 1080. The minimum absolute atomic E-state index is 0.0602. The molecule has 0 aliphatic carbocycles. The van der Waals surface area contributed by atoms with Crippen LogP contribution in [0.5, 0.6) is 0 Å². The number of fused-ring (bicyclic) bond motifs is 1. The number of nitrogens with zero attached hydrogens (tertiary/aromatic N) is 3. The third-order valence-corrected chi connectivity index (χ3v) is 5.19. The van der Waals surface area contributed by atoms with Gasteiger partial charge in [0.2, 0.25) is 5.91 Å². The molecule has 5 nitrogen and oxygen atoms in total. The van der Waals surface area contributed by atoms with Crippen LogP contribution in [0.1, 0.15) is 51.0 Å². The lowest BCUT2D eigenvalue weighted by Crippen LogP contribution is -2.36. The van der Waals surface area contributed by atoms with Crippen molar-refractivity contribution in [2.75, 3.05) is 7.05 Å². The van der Waals surface area contributed by atoms with Gasteiger partial charge < -0.3 is 4.90 Å². The van der Waals surface area contributed by atoms with Crippen LogP contribution in [0.2, 0.25) is 0 Å². The highest BCUT2D eigenvalue weighted by molar-refractivity contribution is 5.79. The summed E-state index contributed by atoms with van der Waals surface area (Å²) in [6, 6.07) is 14.9. The van der Waals surface area contributed by atoms with Crippen molar-refractivity contribution in [3.8, 4) is 5.69 Å². The smallest absolute Gasteiger partial charge is 0.266 e. The Morgan fingerprint density at radius 1 is 1.14 bits per heavy atom. The summed E-state index contributed by atoms with van der Waals surface area (Å²) in [5.41, 5.74) is 2.37. The zero-order valence-electron chi connectivity index (χ0n) is 17.8. The summed E-state index contributed by atoms with van der Waals surface area (Å²) in [7, 11) is 1.81. The maximum absolute atomic E-state index is 13.5. The minimum atomic E-state index is -0.293. The summed E-state index contributed by atoms with van der Waals surface area (Å²) in [4.78, 5) is 32.9. The van der Waals surface area contributed by atoms with Gasteiger partial charge in [-0.05, 0) is 49.1 Å². The molecule has 3 aromatic rings. The van der Waals surface area contributed by atoms with Crippen molar-refractivity contribution in [2.45, 2.75) is 46.6 Å². The van der Waals surface area contributed by atoms with Gasteiger partial charge in [-0.1, -0.05) is 45.0 Å². The summed E-state index contributed by atoms with van der Waals surface area (Å²) in [5.74, 6) is 0.928. The van der Waals surface area contributed by atoms with E-state index in [2.05, 4.69) is 0 Å². The molecule has 0 fully saturated rings. The van der Waals surface area contributed by atoms with Gasteiger partial charge in [0, 0.05) is 13.5 Å². The molecule has 0 aliphatic rings. The Kier molecular flexibility index (Phi) is 6.16. The van der Waals surface area contributed by atoms with Gasteiger partial charge in [-0.2, -0.15) is 0 Å². The molecule has 0 saturated carbocycles. The summed E-state index contributed by atoms with van der Waals surface area (Å²) in [6.45, 7) is 8.08. The summed E-state index contributed by atoms with van der Waals surface area (Å²) in [6.07, 6.45) is 1.13. The van der Waals surface area contributed by atoms with Gasteiger partial charge in [-0.15, -0.1) is 0 Å². The number of hydrogen-bond donors (Lipinski definition) is 0. The third-order valence-electron chi connectivity index (χ3n) is 5.19. The van der Waals surface area contributed by atoms with Crippen LogP contribution in [0.3, 0.4) is 0 Å². The van der Waals surface area contributed by atoms with Crippen molar-refractivity contribution in [2.24, 2.45) is 5.92 Å². The second kappa shape index (κ2) is 8.60. The molecule has 1 atom stereocenters. The van der Waals surface area contributed by atoms with E-state index in [9.17, 15) is 9.59 Å². The summed E-state index contributed by atoms with van der Waals surface area (Å²) < 4.78 is 1.67. The number of carbonyl (C=O) groups is 1. The van der Waals surface area contributed by atoms with Gasteiger partial charge in [-0.25, -0.2) is 4.98 Å². The zero-order chi connectivity index (χ0) is 21.1. The van der Waals surface area contributed by atoms with E-state index in [0.717, 1.165) is 11.3 Å². The largest absolute Gasteiger partial charge is 0.336 e. The van der Waals surface area contributed by atoms with E-state index >= 15 is 0 Å². The fourth-order valence-corrected chi connectivity index (χ4v) is 3.69. The van der Waals surface area contributed by atoms with Crippen molar-refractivity contribution in [3.63, 3.8) is 0 Å². The molecule has 0 aliphatic heterocycles. The van der Waals surface area contributed by atoms with Gasteiger partial charge >= 0.3 is 0 Å². The molecule has 29 heavy (non-hydrogen) atoms. The maximum Gasteiger partial charge on any atom is 0.266 e. The molecule has 0 N–H and O–H groups in total. The number of benzene rings is 2. The third kappa shape index (κ3) is 4.24. The Hall–Kier alpha value is -2.95. The molecule has 1 heterocycles. The lowest BCUT2D eigenvalue weighted by molar-refractivity contribution is -0.133. The highest BCUT2D eigenvalue weighted by atomic mass is 16.2. The Labute approximate surface area is 172 Å². The van der Waals surface area contributed by atoms with E-state index in [0.29, 0.717) is 29.6 Å². The minimum Gasteiger partial charge on any atom is -0.336 e. The van der Waals surface area contributed by atoms with Crippen LogP contribution in [-0.4, -0.2) is 27.4 Å². The molecule has 152 valence electrons.